The Labute approximate surface area is 124 Å². The van der Waals surface area contributed by atoms with Gasteiger partial charge in [0, 0.05) is 0 Å². The van der Waals surface area contributed by atoms with Crippen molar-refractivity contribution >= 4 is 13.6 Å². The van der Waals surface area contributed by atoms with Gasteiger partial charge in [0.1, 0.15) is 0 Å². The van der Waals surface area contributed by atoms with Crippen LogP contribution in [-0.2, 0) is 18.4 Å². The maximum absolute atomic E-state index is 12.6. The van der Waals surface area contributed by atoms with Crippen LogP contribution in [0.3, 0.4) is 0 Å². The Bertz CT molecular complexity index is 295. The first-order valence-electron chi connectivity index (χ1n) is 7.47. The molecule has 120 valence electrons. The van der Waals surface area contributed by atoms with Crippen molar-refractivity contribution in [3.05, 3.63) is 0 Å². The van der Waals surface area contributed by atoms with E-state index >= 15 is 0 Å². The highest BCUT2D eigenvalue weighted by atomic mass is 31.2. The molecule has 0 aliphatic rings. The smallest absolute Gasteiger partial charge is 0.299 e. The second kappa shape index (κ2) is 8.31. The molecule has 0 aromatic carbocycles. The van der Waals surface area contributed by atoms with Gasteiger partial charge in [-0.15, -0.1) is 0 Å². The molecule has 0 amide bonds. The van der Waals surface area contributed by atoms with Gasteiger partial charge in [-0.1, -0.05) is 55.4 Å². The van der Waals surface area contributed by atoms with Gasteiger partial charge in [-0.3, -0.25) is 18.4 Å². The maximum atomic E-state index is 12.6. The predicted octanol–water partition coefficient (Wildman–Crippen LogP) is 4.76. The second-order valence-electron chi connectivity index (χ2n) is 6.76. The first-order valence-corrected chi connectivity index (χ1v) is 9.08. The molecule has 0 heterocycles. The summed E-state index contributed by atoms with van der Waals surface area (Å²) in [6.07, 6.45) is -0.517. The van der Waals surface area contributed by atoms with Crippen molar-refractivity contribution in [3.8, 4) is 0 Å². The molecule has 0 saturated carbocycles. The van der Waals surface area contributed by atoms with Crippen LogP contribution in [0.4, 0.5) is 0 Å². The molecule has 0 aliphatic heterocycles. The van der Waals surface area contributed by atoms with Gasteiger partial charge in [0.05, 0.1) is 12.2 Å². The Balaban J connectivity index is 5.10. The van der Waals surface area contributed by atoms with Crippen molar-refractivity contribution in [3.63, 3.8) is 0 Å². The fourth-order valence-electron chi connectivity index (χ4n) is 2.44. The van der Waals surface area contributed by atoms with Crippen molar-refractivity contribution < 1.29 is 18.4 Å². The van der Waals surface area contributed by atoms with Crippen molar-refractivity contribution in [2.24, 2.45) is 23.7 Å². The van der Waals surface area contributed by atoms with E-state index in [1.165, 1.54) is 0 Å². The van der Waals surface area contributed by atoms with Crippen LogP contribution in [0.1, 0.15) is 55.4 Å². The number of carbonyl (C=O) groups excluding carboxylic acids is 1. The van der Waals surface area contributed by atoms with Gasteiger partial charge >= 0.3 is 7.60 Å². The van der Waals surface area contributed by atoms with Crippen molar-refractivity contribution in [2.45, 2.75) is 67.6 Å². The molecule has 5 heteroatoms. The second-order valence-corrected chi connectivity index (χ2v) is 8.47. The molecule has 0 atom stereocenters. The molecule has 0 rings (SSSR count). The molecule has 0 aromatic heterocycles. The van der Waals surface area contributed by atoms with E-state index < -0.39 is 7.60 Å². The van der Waals surface area contributed by atoms with Crippen LogP contribution < -0.4 is 0 Å². The van der Waals surface area contributed by atoms with E-state index in [1.807, 2.05) is 55.4 Å². The fourth-order valence-corrected chi connectivity index (χ4v) is 4.24. The number of rotatable bonds is 9. The van der Waals surface area contributed by atoms with Gasteiger partial charge in [0.25, 0.3) is 0 Å². The van der Waals surface area contributed by atoms with Crippen LogP contribution in [-0.4, -0.2) is 18.2 Å². The number of carbonyl (C=O) groups is 1. The molecule has 0 bridgehead atoms. The van der Waals surface area contributed by atoms with E-state index in [1.54, 1.807) is 0 Å². The summed E-state index contributed by atoms with van der Waals surface area (Å²) in [5.74, 6) is 0.679. The highest BCUT2D eigenvalue weighted by Crippen LogP contribution is 2.50. The molecule has 0 fully saturated rings. The van der Waals surface area contributed by atoms with Gasteiger partial charge in [-0.25, -0.2) is 0 Å². The average Bonchev–Trinajstić information content (AvgIpc) is 2.31. The van der Waals surface area contributed by atoms with Gasteiger partial charge in [-0.05, 0) is 23.7 Å². The Hall–Kier alpha value is -0.180. The van der Waals surface area contributed by atoms with E-state index in [9.17, 15) is 9.36 Å². The zero-order valence-corrected chi connectivity index (χ0v) is 15.0. The quantitative estimate of drug-likeness (QED) is 0.455. The van der Waals surface area contributed by atoms with E-state index in [2.05, 4.69) is 0 Å². The number of hydrogen-bond acceptors (Lipinski definition) is 4. The minimum atomic E-state index is -3.71. The predicted molar refractivity (Wildman–Crippen MR) is 83.5 cm³/mol. The molecule has 4 nitrogen and oxygen atoms in total. The first kappa shape index (κ1) is 19.8. The SMILES string of the molecule is CC(C)C(OP(=O)(C=O)OC(C(C)C)C(C)C)C(C)C. The maximum Gasteiger partial charge on any atom is 0.394 e. The molecule has 0 saturated heterocycles. The molecule has 0 N–H and O–H groups in total. The van der Waals surface area contributed by atoms with Crippen molar-refractivity contribution in [1.82, 2.24) is 0 Å². The van der Waals surface area contributed by atoms with Crippen LogP contribution >= 0.6 is 7.60 Å². The summed E-state index contributed by atoms with van der Waals surface area (Å²) in [6.45, 7) is 15.9. The zero-order chi connectivity index (χ0) is 16.1. The molecular weight excluding hydrogens is 275 g/mol. The number of hydrogen-bond donors (Lipinski definition) is 0. The van der Waals surface area contributed by atoms with Crippen LogP contribution in [0.15, 0.2) is 0 Å². The summed E-state index contributed by atoms with van der Waals surface area (Å²) in [5, 5.41) is 0. The molecule has 0 spiro atoms. The van der Waals surface area contributed by atoms with Crippen molar-refractivity contribution in [2.75, 3.05) is 0 Å². The molecule has 0 aliphatic carbocycles. The zero-order valence-electron chi connectivity index (χ0n) is 14.1. The Kier molecular flexibility index (Phi) is 8.23. The van der Waals surface area contributed by atoms with Crippen LogP contribution in [0.5, 0.6) is 0 Å². The first-order chi connectivity index (χ1) is 9.04. The van der Waals surface area contributed by atoms with Gasteiger partial charge in [-0.2, -0.15) is 0 Å². The Morgan fingerprint density at radius 3 is 1.10 bits per heavy atom. The van der Waals surface area contributed by atoms with E-state index in [-0.39, 0.29) is 35.9 Å². The third-order valence-corrected chi connectivity index (χ3v) is 4.63. The van der Waals surface area contributed by atoms with Gasteiger partial charge in [0.15, 0.2) is 0 Å². The lowest BCUT2D eigenvalue weighted by Gasteiger charge is -2.31. The molecule has 0 unspecified atom stereocenters. The standard InChI is InChI=1S/C15H31O4P/c1-10(2)14(11(3)4)18-20(17,9-16)19-15(12(5)6)13(7)8/h9-15H,1-8H3. The molecular formula is C15H31O4P. The lowest BCUT2D eigenvalue weighted by Crippen LogP contribution is -2.29. The van der Waals surface area contributed by atoms with E-state index in [0.29, 0.717) is 6.03 Å². The van der Waals surface area contributed by atoms with Crippen molar-refractivity contribution in [1.29, 1.82) is 0 Å². The third-order valence-electron chi connectivity index (χ3n) is 3.29. The summed E-state index contributed by atoms with van der Waals surface area (Å²) < 4.78 is 23.8. The topological polar surface area (TPSA) is 52.6 Å². The summed E-state index contributed by atoms with van der Waals surface area (Å²) in [5.41, 5.74) is 0. The van der Waals surface area contributed by atoms with Crippen LogP contribution in [0.25, 0.3) is 0 Å². The van der Waals surface area contributed by atoms with Gasteiger partial charge in [0.2, 0.25) is 6.03 Å². The monoisotopic (exact) mass is 306 g/mol. The minimum absolute atomic E-state index is 0.170. The average molecular weight is 306 g/mol. The highest BCUT2D eigenvalue weighted by molar-refractivity contribution is 7.69. The third kappa shape index (κ3) is 6.07. The van der Waals surface area contributed by atoms with Crippen LogP contribution in [0.2, 0.25) is 0 Å². The molecule has 0 radical (unpaired) electrons. The Morgan fingerprint density at radius 2 is 0.950 bits per heavy atom. The summed E-state index contributed by atoms with van der Waals surface area (Å²) in [4.78, 5) is 11.3. The van der Waals surface area contributed by atoms with E-state index in [4.69, 9.17) is 9.05 Å². The lowest BCUT2D eigenvalue weighted by atomic mass is 9.97. The Morgan fingerprint density at radius 1 is 0.700 bits per heavy atom. The molecule has 20 heavy (non-hydrogen) atoms. The highest BCUT2D eigenvalue weighted by Gasteiger charge is 2.36. The lowest BCUT2D eigenvalue weighted by molar-refractivity contribution is 0.0425. The van der Waals surface area contributed by atoms with E-state index in [0.717, 1.165) is 0 Å². The minimum Gasteiger partial charge on any atom is -0.299 e. The largest absolute Gasteiger partial charge is 0.394 e. The summed E-state index contributed by atoms with van der Waals surface area (Å²) in [6, 6.07) is 0.350. The normalized spacial score (nSPS) is 13.5. The summed E-state index contributed by atoms with van der Waals surface area (Å²) in [7, 11) is -3.71. The molecule has 0 aromatic rings. The fraction of sp³-hybridized carbons (Fsp3) is 0.933. The van der Waals surface area contributed by atoms with Gasteiger partial charge < -0.3 is 0 Å². The summed E-state index contributed by atoms with van der Waals surface area (Å²) >= 11 is 0. The van der Waals surface area contributed by atoms with Crippen LogP contribution in [0, 0.1) is 23.7 Å².